The second-order valence-corrected chi connectivity index (χ2v) is 3.17. The summed E-state index contributed by atoms with van der Waals surface area (Å²) in [6, 6.07) is 5.79. The molecular weight excluding hydrogens is 188 g/mol. The molecule has 0 N–H and O–H groups in total. The molecule has 72 valence electrons. The first-order valence-electron chi connectivity index (χ1n) is 4.63. The van der Waals surface area contributed by atoms with E-state index in [0.717, 1.165) is 11.3 Å². The van der Waals surface area contributed by atoms with Crippen molar-refractivity contribution < 1.29 is 0 Å². The summed E-state index contributed by atoms with van der Waals surface area (Å²) in [4.78, 5) is 12.5. The van der Waals surface area contributed by atoms with Crippen molar-refractivity contribution in [2.24, 2.45) is 0 Å². The Morgan fingerprint density at radius 1 is 1.00 bits per heavy atom. The van der Waals surface area contributed by atoms with Gasteiger partial charge in [-0.2, -0.15) is 0 Å². The van der Waals surface area contributed by atoms with Crippen molar-refractivity contribution in [3.05, 3.63) is 49.2 Å². The van der Waals surface area contributed by atoms with Gasteiger partial charge in [-0.05, 0) is 18.2 Å². The molecule has 0 fully saturated rings. The van der Waals surface area contributed by atoms with Crippen LogP contribution in [-0.2, 0) is 0 Å². The van der Waals surface area contributed by atoms with Crippen LogP contribution >= 0.6 is 0 Å². The lowest BCUT2D eigenvalue weighted by atomic mass is 10.2. The molecule has 0 aliphatic rings. The van der Waals surface area contributed by atoms with Crippen LogP contribution in [0.3, 0.4) is 0 Å². The minimum Gasteiger partial charge on any atom is -0.284 e. The first-order valence-corrected chi connectivity index (χ1v) is 4.63. The molecule has 3 rings (SSSR count). The Kier molecular flexibility index (Phi) is 1.71. The molecule has 4 heteroatoms. The van der Waals surface area contributed by atoms with Crippen LogP contribution in [0.1, 0.15) is 0 Å². The number of fused-ring (bicyclic) bond motifs is 1. The average molecular weight is 196 g/mol. The van der Waals surface area contributed by atoms with Crippen LogP contribution in [0, 0.1) is 0 Å². The highest BCUT2D eigenvalue weighted by Gasteiger charge is 2.04. The van der Waals surface area contributed by atoms with Gasteiger partial charge in [-0.1, -0.05) is 0 Å². The molecule has 0 spiro atoms. The predicted octanol–water partition coefficient (Wildman–Crippen LogP) is 1.79. The molecule has 3 heterocycles. The number of hydrogen-bond acceptors (Lipinski definition) is 3. The van der Waals surface area contributed by atoms with Crippen LogP contribution in [0.25, 0.3) is 17.0 Å². The summed E-state index contributed by atoms with van der Waals surface area (Å²) < 4.78 is 1.94. The van der Waals surface area contributed by atoms with Crippen LogP contribution in [0.2, 0.25) is 0 Å². The molecule has 3 aromatic rings. The van der Waals surface area contributed by atoms with E-state index in [1.807, 2.05) is 35.0 Å². The van der Waals surface area contributed by atoms with Gasteiger partial charge < -0.3 is 0 Å². The third-order valence-electron chi connectivity index (χ3n) is 2.25. The SMILES string of the molecule is c1cncc(-c2cnc3ncccn23)c1. The van der Waals surface area contributed by atoms with E-state index < -0.39 is 0 Å². The maximum atomic E-state index is 4.22. The van der Waals surface area contributed by atoms with Crippen molar-refractivity contribution in [2.75, 3.05) is 0 Å². The van der Waals surface area contributed by atoms with Crippen molar-refractivity contribution in [1.29, 1.82) is 0 Å². The van der Waals surface area contributed by atoms with E-state index in [2.05, 4.69) is 15.0 Å². The summed E-state index contributed by atoms with van der Waals surface area (Å²) in [7, 11) is 0. The maximum absolute atomic E-state index is 4.22. The first-order chi connectivity index (χ1) is 7.45. The Bertz CT molecular complexity index is 586. The first kappa shape index (κ1) is 8.11. The molecule has 4 nitrogen and oxygen atoms in total. The van der Waals surface area contributed by atoms with Gasteiger partial charge in [0.25, 0.3) is 0 Å². The van der Waals surface area contributed by atoms with Crippen LogP contribution in [0.5, 0.6) is 0 Å². The minimum atomic E-state index is 0.705. The molecule has 0 aliphatic heterocycles. The van der Waals surface area contributed by atoms with E-state index >= 15 is 0 Å². The van der Waals surface area contributed by atoms with E-state index in [1.54, 1.807) is 18.6 Å². The fraction of sp³-hybridized carbons (Fsp3) is 0. The van der Waals surface area contributed by atoms with Gasteiger partial charge in [0.1, 0.15) is 0 Å². The lowest BCUT2D eigenvalue weighted by Gasteiger charge is -1.99. The van der Waals surface area contributed by atoms with Crippen molar-refractivity contribution >= 4 is 5.78 Å². The smallest absolute Gasteiger partial charge is 0.234 e. The van der Waals surface area contributed by atoms with Gasteiger partial charge in [-0.25, -0.2) is 9.97 Å². The quantitative estimate of drug-likeness (QED) is 0.596. The monoisotopic (exact) mass is 196 g/mol. The lowest BCUT2D eigenvalue weighted by Crippen LogP contribution is -1.89. The fourth-order valence-electron chi connectivity index (χ4n) is 1.56. The third-order valence-corrected chi connectivity index (χ3v) is 2.25. The Morgan fingerprint density at radius 2 is 2.00 bits per heavy atom. The molecule has 0 radical (unpaired) electrons. The molecule has 0 amide bonds. The van der Waals surface area contributed by atoms with Gasteiger partial charge in [-0.3, -0.25) is 9.38 Å². The fourth-order valence-corrected chi connectivity index (χ4v) is 1.56. The maximum Gasteiger partial charge on any atom is 0.234 e. The van der Waals surface area contributed by atoms with Crippen LogP contribution in [-0.4, -0.2) is 19.4 Å². The zero-order chi connectivity index (χ0) is 10.1. The topological polar surface area (TPSA) is 43.1 Å². The third kappa shape index (κ3) is 1.27. The second-order valence-electron chi connectivity index (χ2n) is 3.17. The van der Waals surface area contributed by atoms with Crippen LogP contribution < -0.4 is 0 Å². The molecule has 0 saturated heterocycles. The predicted molar refractivity (Wildman–Crippen MR) is 56.2 cm³/mol. The highest BCUT2D eigenvalue weighted by molar-refractivity contribution is 5.60. The minimum absolute atomic E-state index is 0.705. The molecule has 0 bridgehead atoms. The number of pyridine rings is 1. The van der Waals surface area contributed by atoms with E-state index in [9.17, 15) is 0 Å². The van der Waals surface area contributed by atoms with Crippen molar-refractivity contribution in [2.45, 2.75) is 0 Å². The largest absolute Gasteiger partial charge is 0.284 e. The van der Waals surface area contributed by atoms with Gasteiger partial charge in [0.2, 0.25) is 5.78 Å². The highest BCUT2D eigenvalue weighted by Crippen LogP contribution is 2.17. The van der Waals surface area contributed by atoms with Crippen LogP contribution in [0.15, 0.2) is 49.2 Å². The van der Waals surface area contributed by atoms with Crippen molar-refractivity contribution in [1.82, 2.24) is 19.4 Å². The summed E-state index contributed by atoms with van der Waals surface area (Å²) in [6.07, 6.45) is 9.05. The molecule has 0 aromatic carbocycles. The number of aromatic nitrogens is 4. The molecule has 15 heavy (non-hydrogen) atoms. The number of imidazole rings is 1. The van der Waals surface area contributed by atoms with E-state index in [-0.39, 0.29) is 0 Å². The van der Waals surface area contributed by atoms with Gasteiger partial charge in [0.15, 0.2) is 0 Å². The Balaban J connectivity index is 2.28. The van der Waals surface area contributed by atoms with Gasteiger partial charge in [0, 0.05) is 30.4 Å². The molecule has 0 saturated carbocycles. The summed E-state index contributed by atoms with van der Waals surface area (Å²) >= 11 is 0. The molecule has 0 atom stereocenters. The Morgan fingerprint density at radius 3 is 2.87 bits per heavy atom. The molecule has 0 unspecified atom stereocenters. The summed E-state index contributed by atoms with van der Waals surface area (Å²) in [6.45, 7) is 0. The molecule has 3 aromatic heterocycles. The second kappa shape index (κ2) is 3.16. The summed E-state index contributed by atoms with van der Waals surface area (Å²) in [5.41, 5.74) is 2.05. The van der Waals surface area contributed by atoms with E-state index in [4.69, 9.17) is 0 Å². The number of nitrogens with zero attached hydrogens (tertiary/aromatic N) is 4. The van der Waals surface area contributed by atoms with Gasteiger partial charge in [0.05, 0.1) is 11.9 Å². The molecular formula is C11H8N4. The van der Waals surface area contributed by atoms with Crippen molar-refractivity contribution in [3.63, 3.8) is 0 Å². The van der Waals surface area contributed by atoms with Crippen LogP contribution in [0.4, 0.5) is 0 Å². The van der Waals surface area contributed by atoms with Crippen molar-refractivity contribution in [3.8, 4) is 11.3 Å². The van der Waals surface area contributed by atoms with Gasteiger partial charge >= 0.3 is 0 Å². The van der Waals surface area contributed by atoms with E-state index in [1.165, 1.54) is 0 Å². The number of hydrogen-bond donors (Lipinski definition) is 0. The zero-order valence-electron chi connectivity index (χ0n) is 7.91. The number of rotatable bonds is 1. The highest BCUT2D eigenvalue weighted by atomic mass is 15.1. The average Bonchev–Trinajstić information content (AvgIpc) is 2.74. The van der Waals surface area contributed by atoms with E-state index in [0.29, 0.717) is 5.78 Å². The van der Waals surface area contributed by atoms with Gasteiger partial charge in [-0.15, -0.1) is 0 Å². The normalized spacial score (nSPS) is 10.7. The Labute approximate surface area is 86.3 Å². The summed E-state index contributed by atoms with van der Waals surface area (Å²) in [5.74, 6) is 0.705. The summed E-state index contributed by atoms with van der Waals surface area (Å²) in [5, 5.41) is 0. The molecule has 0 aliphatic carbocycles. The zero-order valence-corrected chi connectivity index (χ0v) is 7.91. The lowest BCUT2D eigenvalue weighted by molar-refractivity contribution is 1.11. The Hall–Kier alpha value is -2.23. The standard InChI is InChI=1S/C11H8N4/c1-3-9(7-12-4-1)10-8-14-11-13-5-2-6-15(10)11/h1-8H.